The van der Waals surface area contributed by atoms with E-state index in [9.17, 15) is 0 Å². The standard InChI is InChI=1S/C16H17N3OS/c1-11(2)13-8-15(16(20-3)18-10-13)19-21-14-6-4-12(9-17)5-7-14/h4-8,10-11,19H,1-3H3. The number of anilines is 1. The highest BCUT2D eigenvalue weighted by Gasteiger charge is 2.08. The highest BCUT2D eigenvalue weighted by Crippen LogP contribution is 2.30. The van der Waals surface area contributed by atoms with Crippen LogP contribution in [0.5, 0.6) is 5.88 Å². The van der Waals surface area contributed by atoms with Crippen molar-refractivity contribution in [3.05, 3.63) is 47.7 Å². The number of nitriles is 1. The normalized spacial score (nSPS) is 10.2. The number of pyridine rings is 1. The Balaban J connectivity index is 2.14. The minimum atomic E-state index is 0.406. The molecule has 2 rings (SSSR count). The van der Waals surface area contributed by atoms with Crippen molar-refractivity contribution < 1.29 is 4.74 Å². The average molecular weight is 299 g/mol. The summed E-state index contributed by atoms with van der Waals surface area (Å²) in [6.45, 7) is 4.25. The Bertz CT molecular complexity index is 648. The van der Waals surface area contributed by atoms with Crippen molar-refractivity contribution >= 4 is 17.6 Å². The predicted molar refractivity (Wildman–Crippen MR) is 85.5 cm³/mol. The lowest BCUT2D eigenvalue weighted by Gasteiger charge is -2.12. The smallest absolute Gasteiger partial charge is 0.237 e. The van der Waals surface area contributed by atoms with Gasteiger partial charge in [0, 0.05) is 11.1 Å². The molecule has 0 unspecified atom stereocenters. The van der Waals surface area contributed by atoms with Gasteiger partial charge in [0.15, 0.2) is 0 Å². The first kappa shape index (κ1) is 15.2. The zero-order valence-electron chi connectivity index (χ0n) is 12.3. The maximum absolute atomic E-state index is 8.79. The van der Waals surface area contributed by atoms with Crippen molar-refractivity contribution in [1.82, 2.24) is 4.98 Å². The third kappa shape index (κ3) is 3.89. The Morgan fingerprint density at radius 3 is 2.57 bits per heavy atom. The molecule has 0 aliphatic heterocycles. The molecule has 0 radical (unpaired) electrons. The second-order valence-electron chi connectivity index (χ2n) is 4.82. The Morgan fingerprint density at radius 2 is 2.00 bits per heavy atom. The van der Waals surface area contributed by atoms with E-state index in [2.05, 4.69) is 29.6 Å². The number of hydrogen-bond donors (Lipinski definition) is 1. The van der Waals surface area contributed by atoms with Gasteiger partial charge in [0.1, 0.15) is 5.69 Å². The van der Waals surface area contributed by atoms with Gasteiger partial charge in [-0.15, -0.1) is 0 Å². The SMILES string of the molecule is COc1ncc(C(C)C)cc1NSc1ccc(C#N)cc1. The first-order chi connectivity index (χ1) is 10.1. The van der Waals surface area contributed by atoms with Crippen LogP contribution in [0.1, 0.15) is 30.9 Å². The third-order valence-corrected chi connectivity index (χ3v) is 3.82. The van der Waals surface area contributed by atoms with E-state index >= 15 is 0 Å². The molecular weight excluding hydrogens is 282 g/mol. The fourth-order valence-corrected chi connectivity index (χ4v) is 2.38. The average Bonchev–Trinajstić information content (AvgIpc) is 2.53. The molecule has 0 fully saturated rings. The topological polar surface area (TPSA) is 57.9 Å². The molecule has 108 valence electrons. The number of rotatable bonds is 5. The Kier molecular flexibility index (Phi) is 5.07. The van der Waals surface area contributed by atoms with Crippen LogP contribution >= 0.6 is 11.9 Å². The molecule has 0 saturated carbocycles. The van der Waals surface area contributed by atoms with Gasteiger partial charge in [0.2, 0.25) is 5.88 Å². The maximum Gasteiger partial charge on any atom is 0.237 e. The molecule has 4 nitrogen and oxygen atoms in total. The summed E-state index contributed by atoms with van der Waals surface area (Å²) in [5.74, 6) is 0.976. The van der Waals surface area contributed by atoms with Crippen LogP contribution in [-0.4, -0.2) is 12.1 Å². The molecule has 1 N–H and O–H groups in total. The second kappa shape index (κ2) is 7.00. The molecule has 2 aromatic rings. The summed E-state index contributed by atoms with van der Waals surface area (Å²) in [6, 6.07) is 11.6. The molecule has 0 aliphatic rings. The van der Waals surface area contributed by atoms with Crippen LogP contribution in [0.15, 0.2) is 41.4 Å². The molecule has 1 heterocycles. The number of benzene rings is 1. The lowest BCUT2D eigenvalue weighted by atomic mass is 10.1. The number of methoxy groups -OCH3 is 1. The summed E-state index contributed by atoms with van der Waals surface area (Å²) >= 11 is 1.46. The Morgan fingerprint density at radius 1 is 1.29 bits per heavy atom. The van der Waals surface area contributed by atoms with Gasteiger partial charge in [-0.1, -0.05) is 13.8 Å². The van der Waals surface area contributed by atoms with Gasteiger partial charge in [-0.2, -0.15) is 5.26 Å². The van der Waals surface area contributed by atoms with Crippen molar-refractivity contribution in [3.63, 3.8) is 0 Å². The zero-order chi connectivity index (χ0) is 15.2. The summed E-state index contributed by atoms with van der Waals surface area (Å²) in [7, 11) is 1.61. The zero-order valence-corrected chi connectivity index (χ0v) is 13.1. The summed E-state index contributed by atoms with van der Waals surface area (Å²) in [6.07, 6.45) is 1.83. The van der Waals surface area contributed by atoms with E-state index in [0.717, 1.165) is 16.1 Å². The van der Waals surface area contributed by atoms with Gasteiger partial charge >= 0.3 is 0 Å². The van der Waals surface area contributed by atoms with Crippen LogP contribution in [-0.2, 0) is 0 Å². The number of nitrogens with one attached hydrogen (secondary N) is 1. The van der Waals surface area contributed by atoms with E-state index in [-0.39, 0.29) is 0 Å². The summed E-state index contributed by atoms with van der Waals surface area (Å²) in [5.41, 5.74) is 2.65. The Hall–Kier alpha value is -2.19. The minimum Gasteiger partial charge on any atom is -0.480 e. The number of ether oxygens (including phenoxy) is 1. The minimum absolute atomic E-state index is 0.406. The van der Waals surface area contributed by atoms with Crippen LogP contribution in [0.4, 0.5) is 5.69 Å². The van der Waals surface area contributed by atoms with Crippen molar-refractivity contribution in [3.8, 4) is 11.9 Å². The molecule has 0 spiro atoms. The van der Waals surface area contributed by atoms with Gasteiger partial charge in [-0.25, -0.2) is 4.98 Å². The highest BCUT2D eigenvalue weighted by molar-refractivity contribution is 8.00. The van der Waals surface area contributed by atoms with E-state index in [0.29, 0.717) is 17.4 Å². The highest BCUT2D eigenvalue weighted by atomic mass is 32.2. The molecule has 5 heteroatoms. The van der Waals surface area contributed by atoms with E-state index in [1.807, 2.05) is 24.4 Å². The molecule has 1 aromatic heterocycles. The quantitative estimate of drug-likeness (QED) is 0.838. The van der Waals surface area contributed by atoms with Gasteiger partial charge in [-0.3, -0.25) is 0 Å². The Labute approximate surface area is 129 Å². The van der Waals surface area contributed by atoms with Gasteiger partial charge in [-0.05, 0) is 53.8 Å². The van der Waals surface area contributed by atoms with E-state index in [4.69, 9.17) is 10.00 Å². The molecule has 1 aromatic carbocycles. The van der Waals surface area contributed by atoms with E-state index < -0.39 is 0 Å². The molecule has 0 bridgehead atoms. The first-order valence-electron chi connectivity index (χ1n) is 6.61. The monoisotopic (exact) mass is 299 g/mol. The summed E-state index contributed by atoms with van der Waals surface area (Å²) in [4.78, 5) is 5.34. The largest absolute Gasteiger partial charge is 0.480 e. The van der Waals surface area contributed by atoms with Crippen molar-refractivity contribution in [2.45, 2.75) is 24.7 Å². The first-order valence-corrected chi connectivity index (χ1v) is 7.42. The summed E-state index contributed by atoms with van der Waals surface area (Å²) < 4.78 is 8.53. The van der Waals surface area contributed by atoms with Crippen LogP contribution in [0, 0.1) is 11.3 Å². The fraction of sp³-hybridized carbons (Fsp3) is 0.250. The van der Waals surface area contributed by atoms with Crippen molar-refractivity contribution in [2.24, 2.45) is 0 Å². The maximum atomic E-state index is 8.79. The third-order valence-electron chi connectivity index (χ3n) is 2.99. The number of nitrogens with zero attached hydrogens (tertiary/aromatic N) is 2. The molecule has 0 amide bonds. The fourth-order valence-electron chi connectivity index (χ4n) is 1.73. The van der Waals surface area contributed by atoms with E-state index in [1.165, 1.54) is 11.9 Å². The molecule has 0 saturated heterocycles. The van der Waals surface area contributed by atoms with Gasteiger partial charge in [0.25, 0.3) is 0 Å². The molecule has 0 atom stereocenters. The van der Waals surface area contributed by atoms with Crippen LogP contribution in [0.3, 0.4) is 0 Å². The van der Waals surface area contributed by atoms with E-state index in [1.54, 1.807) is 19.2 Å². The van der Waals surface area contributed by atoms with Crippen LogP contribution in [0.2, 0.25) is 0 Å². The lowest BCUT2D eigenvalue weighted by molar-refractivity contribution is 0.400. The number of aromatic nitrogens is 1. The summed E-state index contributed by atoms with van der Waals surface area (Å²) in [5, 5.41) is 8.79. The van der Waals surface area contributed by atoms with Gasteiger partial charge < -0.3 is 9.46 Å². The molecular formula is C16H17N3OS. The van der Waals surface area contributed by atoms with Gasteiger partial charge in [0.05, 0.1) is 18.7 Å². The molecule has 0 aliphatic carbocycles. The lowest BCUT2D eigenvalue weighted by Crippen LogP contribution is -1.98. The second-order valence-corrected chi connectivity index (χ2v) is 5.70. The van der Waals surface area contributed by atoms with Crippen LogP contribution < -0.4 is 9.46 Å². The van der Waals surface area contributed by atoms with Crippen molar-refractivity contribution in [2.75, 3.05) is 11.8 Å². The number of hydrogen-bond acceptors (Lipinski definition) is 5. The predicted octanol–water partition coefficient (Wildman–Crippen LogP) is 4.20. The molecule has 21 heavy (non-hydrogen) atoms. The van der Waals surface area contributed by atoms with Crippen LogP contribution in [0.25, 0.3) is 0 Å². The van der Waals surface area contributed by atoms with Crippen molar-refractivity contribution in [1.29, 1.82) is 5.26 Å².